The van der Waals surface area contributed by atoms with E-state index in [2.05, 4.69) is 179 Å². The smallest absolute Gasteiger partial charge is 0.143 e. The maximum Gasteiger partial charge on any atom is 0.143 e. The summed E-state index contributed by atoms with van der Waals surface area (Å²) >= 11 is 3.54. The number of furan rings is 2. The lowest BCUT2D eigenvalue weighted by atomic mass is 9.85. The monoisotopic (exact) mass is 1000 g/mol. The van der Waals surface area contributed by atoms with Gasteiger partial charge in [0.15, 0.2) is 0 Å². The molecule has 0 amide bonds. The van der Waals surface area contributed by atoms with Gasteiger partial charge in [-0.3, -0.25) is 0 Å². The number of hydrogen-bond donors (Lipinski definition) is 0. The lowest BCUT2D eigenvalue weighted by Crippen LogP contribution is -2.11. The van der Waals surface area contributed by atoms with Crippen LogP contribution in [0.2, 0.25) is 0 Å². The first-order valence-electron chi connectivity index (χ1n) is 25.2. The van der Waals surface area contributed by atoms with Gasteiger partial charge in [-0.25, -0.2) is 0 Å². The second-order valence-corrected chi connectivity index (χ2v) is 21.8. The molecule has 0 fully saturated rings. The van der Waals surface area contributed by atoms with Crippen LogP contribution in [0, 0.1) is 22.7 Å². The van der Waals surface area contributed by atoms with Crippen molar-refractivity contribution in [2.45, 2.75) is 0 Å². The first kappa shape index (κ1) is 41.5. The van der Waals surface area contributed by atoms with Gasteiger partial charge < -0.3 is 18.0 Å². The van der Waals surface area contributed by atoms with Gasteiger partial charge in [0.25, 0.3) is 0 Å². The van der Waals surface area contributed by atoms with Gasteiger partial charge in [-0.05, 0) is 60.7 Å². The van der Waals surface area contributed by atoms with E-state index in [9.17, 15) is 10.5 Å². The van der Waals surface area contributed by atoms with E-state index in [0.29, 0.717) is 50.4 Å². The molecule has 0 aliphatic rings. The van der Waals surface area contributed by atoms with E-state index >= 15 is 0 Å². The third-order valence-electron chi connectivity index (χ3n) is 15.8. The Morgan fingerprint density at radius 1 is 0.316 bits per heavy atom. The molecule has 11 aromatic carbocycles. The molecular formula is C68H34N4O2S2. The van der Waals surface area contributed by atoms with Crippen LogP contribution in [-0.2, 0) is 0 Å². The van der Waals surface area contributed by atoms with Crippen molar-refractivity contribution in [3.05, 3.63) is 217 Å². The van der Waals surface area contributed by atoms with E-state index in [4.69, 9.17) is 8.83 Å². The van der Waals surface area contributed by atoms with Crippen LogP contribution in [0.15, 0.2) is 215 Å². The molecule has 6 heterocycles. The minimum Gasteiger partial charge on any atom is -0.455 e. The normalized spacial score (nSPS) is 12.2. The maximum absolute atomic E-state index is 12.4. The number of nitrogens with zero attached hydrogens (tertiary/aromatic N) is 4. The van der Waals surface area contributed by atoms with Gasteiger partial charge in [0.1, 0.15) is 34.5 Å². The summed E-state index contributed by atoms with van der Waals surface area (Å²) in [6, 6.07) is 77.7. The third kappa shape index (κ3) is 5.45. The number of nitriles is 2. The van der Waals surface area contributed by atoms with Crippen molar-refractivity contribution in [1.82, 2.24) is 9.13 Å². The fourth-order valence-corrected chi connectivity index (χ4v) is 14.9. The van der Waals surface area contributed by atoms with Crippen molar-refractivity contribution < 1.29 is 8.83 Å². The molecule has 0 aliphatic heterocycles. The van der Waals surface area contributed by atoms with E-state index < -0.39 is 0 Å². The summed E-state index contributed by atoms with van der Waals surface area (Å²) in [5.74, 6) is 0. The molecule has 0 spiro atoms. The molecule has 17 rings (SSSR count). The number of rotatable bonds is 4. The molecule has 8 heteroatoms. The molecule has 76 heavy (non-hydrogen) atoms. The van der Waals surface area contributed by atoms with Crippen molar-refractivity contribution in [2.75, 3.05) is 0 Å². The second kappa shape index (κ2) is 15.3. The van der Waals surface area contributed by atoms with Crippen molar-refractivity contribution in [3.63, 3.8) is 0 Å². The fraction of sp³-hybridized carbons (Fsp3) is 0. The zero-order valence-corrected chi connectivity index (χ0v) is 41.7. The molecule has 6 aromatic heterocycles. The molecule has 17 aromatic rings. The van der Waals surface area contributed by atoms with E-state index in [0.717, 1.165) is 91.3 Å². The van der Waals surface area contributed by atoms with Crippen molar-refractivity contribution in [3.8, 4) is 45.8 Å². The molecular weight excluding hydrogens is 969 g/mol. The number of benzene rings is 11. The fourth-order valence-electron chi connectivity index (χ4n) is 12.7. The van der Waals surface area contributed by atoms with E-state index in [1.54, 1.807) is 22.7 Å². The highest BCUT2D eigenvalue weighted by molar-refractivity contribution is 7.26. The van der Waals surface area contributed by atoms with E-state index in [-0.39, 0.29) is 0 Å². The lowest BCUT2D eigenvalue weighted by Gasteiger charge is -2.25. The average molecular weight is 1000 g/mol. The highest BCUT2D eigenvalue weighted by Crippen LogP contribution is 2.53. The van der Waals surface area contributed by atoms with Crippen LogP contribution in [0.5, 0.6) is 0 Å². The molecule has 0 saturated carbocycles. The van der Waals surface area contributed by atoms with Gasteiger partial charge in [-0.2, -0.15) is 10.5 Å². The lowest BCUT2D eigenvalue weighted by molar-refractivity contribution is 0.669. The predicted octanol–water partition coefficient (Wildman–Crippen LogP) is 19.5. The highest BCUT2D eigenvalue weighted by Gasteiger charge is 2.34. The first-order valence-corrected chi connectivity index (χ1v) is 26.8. The molecule has 0 unspecified atom stereocenters. The third-order valence-corrected chi connectivity index (χ3v) is 18.1. The minimum absolute atomic E-state index is 0.336. The molecule has 0 aliphatic carbocycles. The SMILES string of the molecule is N#Cc1c(-c2cccc3c2oc2ccccc23)c(C#N)c(-n2c3ccccc3c3cc4c(cc32)sc2ccccc24)c(-c2cccc3c2oc2ccccc23)c1-n1c2ccccc2c2cc3c(cc21)sc1ccccc13. The Labute approximate surface area is 439 Å². The van der Waals surface area contributed by atoms with Crippen LogP contribution < -0.4 is 0 Å². The van der Waals surface area contributed by atoms with Crippen molar-refractivity contribution in [2.24, 2.45) is 0 Å². The van der Waals surface area contributed by atoms with Gasteiger partial charge in [-0.15, -0.1) is 22.7 Å². The second-order valence-electron chi connectivity index (χ2n) is 19.6. The van der Waals surface area contributed by atoms with Crippen LogP contribution in [0.1, 0.15) is 11.1 Å². The number of fused-ring (bicyclic) bond motifs is 18. The Morgan fingerprint density at radius 2 is 0.711 bits per heavy atom. The van der Waals surface area contributed by atoms with Crippen LogP contribution in [0.25, 0.3) is 161 Å². The first-order chi connectivity index (χ1) is 37.6. The number of hydrogen-bond acceptors (Lipinski definition) is 6. The highest BCUT2D eigenvalue weighted by atomic mass is 32.1. The van der Waals surface area contributed by atoms with Gasteiger partial charge in [0, 0.05) is 106 Å². The summed E-state index contributed by atoms with van der Waals surface area (Å²) in [7, 11) is 0. The average Bonchev–Trinajstić information content (AvgIpc) is 4.34. The molecule has 0 N–H and O–H groups in total. The zero-order valence-electron chi connectivity index (χ0n) is 40.1. The molecule has 350 valence electrons. The Kier molecular flexibility index (Phi) is 8.36. The molecule has 0 bridgehead atoms. The summed E-state index contributed by atoms with van der Waals surface area (Å²) in [5.41, 5.74) is 11.0. The molecule has 0 atom stereocenters. The number of thiophene rings is 2. The summed E-state index contributed by atoms with van der Waals surface area (Å²) < 4.78 is 23.2. The molecule has 0 saturated heterocycles. The summed E-state index contributed by atoms with van der Waals surface area (Å²) in [6.07, 6.45) is 0. The van der Waals surface area contributed by atoms with Gasteiger partial charge in [0.05, 0.1) is 44.6 Å². The largest absolute Gasteiger partial charge is 0.455 e. The van der Waals surface area contributed by atoms with Gasteiger partial charge in [0.2, 0.25) is 0 Å². The molecule has 0 radical (unpaired) electrons. The summed E-state index contributed by atoms with van der Waals surface area (Å²) in [4.78, 5) is 0. The standard InChI is InChI=1S/C68H34N4O2S2/c69-35-51-63(45-23-13-21-43-39-17-3-9-27-57(39)73-67(43)45)52(36-70)66(72-54-26-8-2-16-38(54)48-32-50-42-20-6-12-30-60(42)76-62(50)34-56(48)72)64(46-24-14-22-44-40-18-4-10-28-58(40)74-68(44)46)65(51)71-53-25-7-1-15-37(53)47-31-49-41-19-5-11-29-59(41)75-61(49)33-55(47)71/h1-34H. The van der Waals surface area contributed by atoms with Crippen LogP contribution in [-0.4, -0.2) is 9.13 Å². The number of aromatic nitrogens is 2. The van der Waals surface area contributed by atoms with E-state index in [1.807, 2.05) is 48.5 Å². The quantitative estimate of drug-likeness (QED) is 0.176. The van der Waals surface area contributed by atoms with Crippen LogP contribution in [0.4, 0.5) is 0 Å². The maximum atomic E-state index is 12.4. The Bertz CT molecular complexity index is 5300. The Hall–Kier alpha value is -9.96. The van der Waals surface area contributed by atoms with Crippen molar-refractivity contribution >= 4 is 151 Å². The Morgan fingerprint density at radius 3 is 1.18 bits per heavy atom. The van der Waals surface area contributed by atoms with Gasteiger partial charge in [-0.1, -0.05) is 146 Å². The predicted molar refractivity (Wildman–Crippen MR) is 316 cm³/mol. The van der Waals surface area contributed by atoms with E-state index in [1.165, 1.54) is 30.9 Å². The van der Waals surface area contributed by atoms with Crippen LogP contribution >= 0.6 is 22.7 Å². The number of para-hydroxylation sites is 6. The van der Waals surface area contributed by atoms with Crippen molar-refractivity contribution in [1.29, 1.82) is 10.5 Å². The van der Waals surface area contributed by atoms with Crippen LogP contribution in [0.3, 0.4) is 0 Å². The van der Waals surface area contributed by atoms with Gasteiger partial charge >= 0.3 is 0 Å². The summed E-state index contributed by atoms with van der Waals surface area (Å²) in [5, 5.41) is 37.6. The zero-order chi connectivity index (χ0) is 49.9. The topological polar surface area (TPSA) is 83.7 Å². The minimum atomic E-state index is 0.336. The summed E-state index contributed by atoms with van der Waals surface area (Å²) in [6.45, 7) is 0. The Balaban J connectivity index is 1.16. The molecule has 6 nitrogen and oxygen atoms in total.